The fourth-order valence-electron chi connectivity index (χ4n) is 2.82. The molecule has 0 unspecified atom stereocenters. The molecule has 27 heavy (non-hydrogen) atoms. The Balaban J connectivity index is 1.72. The number of carbonyl (C=O) groups is 2. The second-order valence-corrected chi connectivity index (χ2v) is 6.44. The molecule has 0 spiro atoms. The first-order valence-electron chi connectivity index (χ1n) is 8.84. The average molecular weight is 362 g/mol. The Labute approximate surface area is 158 Å². The summed E-state index contributed by atoms with van der Waals surface area (Å²) < 4.78 is 1.76. The average Bonchev–Trinajstić information content (AvgIpc) is 3.02. The third-order valence-electron chi connectivity index (χ3n) is 4.47. The van der Waals surface area contributed by atoms with E-state index in [0.29, 0.717) is 17.1 Å². The number of aromatic nitrogens is 3. The van der Waals surface area contributed by atoms with E-state index in [2.05, 4.69) is 15.3 Å². The van der Waals surface area contributed by atoms with Crippen LogP contribution in [0.3, 0.4) is 0 Å². The van der Waals surface area contributed by atoms with Crippen molar-refractivity contribution in [2.45, 2.75) is 26.7 Å². The van der Waals surface area contributed by atoms with E-state index in [1.165, 1.54) is 6.33 Å². The number of nitrogens with zero attached hydrogens (tertiary/aromatic N) is 3. The fourth-order valence-corrected chi connectivity index (χ4v) is 2.82. The number of aryl methyl sites for hydroxylation is 2. The third-order valence-corrected chi connectivity index (χ3v) is 4.47. The summed E-state index contributed by atoms with van der Waals surface area (Å²) in [6, 6.07) is 12.8. The third kappa shape index (κ3) is 4.28. The lowest BCUT2D eigenvalue weighted by Gasteiger charge is -2.08. The van der Waals surface area contributed by atoms with Gasteiger partial charge in [-0.15, -0.1) is 0 Å². The minimum absolute atomic E-state index is 0.0625. The van der Waals surface area contributed by atoms with Gasteiger partial charge in [0.25, 0.3) is 0 Å². The molecule has 2 heterocycles. The molecule has 0 atom stereocenters. The fraction of sp³-hybridized carbons (Fsp3) is 0.238. The van der Waals surface area contributed by atoms with Crippen molar-refractivity contribution in [2.75, 3.05) is 5.32 Å². The molecule has 1 aromatic carbocycles. The molecule has 0 aliphatic carbocycles. The summed E-state index contributed by atoms with van der Waals surface area (Å²) in [7, 11) is 1.80. The number of ketones is 1. The summed E-state index contributed by atoms with van der Waals surface area (Å²) in [5.41, 5.74) is 3.91. The van der Waals surface area contributed by atoms with Gasteiger partial charge in [0.2, 0.25) is 11.7 Å². The first-order valence-corrected chi connectivity index (χ1v) is 8.84. The normalized spacial score (nSPS) is 10.6. The predicted molar refractivity (Wildman–Crippen MR) is 104 cm³/mol. The van der Waals surface area contributed by atoms with Crippen molar-refractivity contribution in [1.29, 1.82) is 0 Å². The summed E-state index contributed by atoms with van der Waals surface area (Å²) >= 11 is 0. The molecule has 2 aromatic heterocycles. The lowest BCUT2D eigenvalue weighted by atomic mass is 10.1. The number of anilines is 1. The van der Waals surface area contributed by atoms with Crippen molar-refractivity contribution < 1.29 is 9.59 Å². The first-order chi connectivity index (χ1) is 13.0. The van der Waals surface area contributed by atoms with E-state index in [1.807, 2.05) is 38.1 Å². The maximum absolute atomic E-state index is 12.7. The number of hydrogen-bond donors (Lipinski definition) is 1. The largest absolute Gasteiger partial charge is 0.344 e. The van der Waals surface area contributed by atoms with Gasteiger partial charge in [0, 0.05) is 30.1 Å². The van der Waals surface area contributed by atoms with Crippen LogP contribution in [0.15, 0.2) is 48.8 Å². The van der Waals surface area contributed by atoms with Gasteiger partial charge < -0.3 is 9.88 Å². The zero-order chi connectivity index (χ0) is 19.4. The molecule has 0 saturated heterocycles. The van der Waals surface area contributed by atoms with Crippen LogP contribution in [-0.2, 0) is 24.7 Å². The highest BCUT2D eigenvalue weighted by molar-refractivity contribution is 6.08. The standard InChI is InChI=1S/C21H22N4O2/c1-4-16-11-19(23-13-22-16)24-20(26)12-17-9-10-18(25(17)3)21(27)15-7-5-14(2)6-8-15/h5-11,13H,4,12H2,1-3H3,(H,22,23,24,26). The van der Waals surface area contributed by atoms with Crippen LogP contribution in [0.1, 0.15) is 39.9 Å². The van der Waals surface area contributed by atoms with Crippen molar-refractivity contribution in [3.8, 4) is 0 Å². The van der Waals surface area contributed by atoms with Crippen LogP contribution in [-0.4, -0.2) is 26.2 Å². The van der Waals surface area contributed by atoms with Gasteiger partial charge in [0.15, 0.2) is 0 Å². The minimum atomic E-state index is -0.189. The number of benzene rings is 1. The van der Waals surface area contributed by atoms with E-state index in [4.69, 9.17) is 0 Å². The van der Waals surface area contributed by atoms with E-state index < -0.39 is 0 Å². The summed E-state index contributed by atoms with van der Waals surface area (Å²) in [5, 5.41) is 2.78. The Morgan fingerprint density at radius 3 is 2.52 bits per heavy atom. The van der Waals surface area contributed by atoms with Crippen LogP contribution in [0, 0.1) is 6.92 Å². The van der Waals surface area contributed by atoms with Crippen LogP contribution in [0.25, 0.3) is 0 Å². The van der Waals surface area contributed by atoms with Crippen LogP contribution in [0.2, 0.25) is 0 Å². The molecular formula is C21H22N4O2. The van der Waals surface area contributed by atoms with E-state index in [0.717, 1.165) is 23.4 Å². The Morgan fingerprint density at radius 1 is 1.07 bits per heavy atom. The molecule has 0 fully saturated rings. The molecule has 0 bridgehead atoms. The lowest BCUT2D eigenvalue weighted by Crippen LogP contribution is -2.18. The molecule has 1 N–H and O–H groups in total. The molecule has 3 aromatic rings. The van der Waals surface area contributed by atoms with E-state index in [1.54, 1.807) is 29.8 Å². The Morgan fingerprint density at radius 2 is 1.81 bits per heavy atom. The molecule has 0 saturated carbocycles. The molecular weight excluding hydrogens is 340 g/mol. The molecule has 1 amide bonds. The lowest BCUT2D eigenvalue weighted by molar-refractivity contribution is -0.115. The molecule has 0 radical (unpaired) electrons. The van der Waals surface area contributed by atoms with Gasteiger partial charge in [0.1, 0.15) is 12.1 Å². The second kappa shape index (κ2) is 7.95. The number of amides is 1. The summed E-state index contributed by atoms with van der Waals surface area (Å²) in [6.07, 6.45) is 2.37. The molecule has 6 heteroatoms. The zero-order valence-electron chi connectivity index (χ0n) is 15.7. The van der Waals surface area contributed by atoms with Crippen molar-refractivity contribution in [3.05, 3.63) is 77.0 Å². The van der Waals surface area contributed by atoms with Gasteiger partial charge in [-0.25, -0.2) is 9.97 Å². The summed E-state index contributed by atoms with van der Waals surface area (Å²) in [6.45, 7) is 3.97. The smallest absolute Gasteiger partial charge is 0.231 e. The summed E-state index contributed by atoms with van der Waals surface area (Å²) in [4.78, 5) is 33.2. The first kappa shape index (κ1) is 18.5. The SMILES string of the molecule is CCc1cc(NC(=O)Cc2ccc(C(=O)c3ccc(C)cc3)n2C)ncn1. The highest BCUT2D eigenvalue weighted by Crippen LogP contribution is 2.15. The topological polar surface area (TPSA) is 76.9 Å². The van der Waals surface area contributed by atoms with Gasteiger partial charge >= 0.3 is 0 Å². The van der Waals surface area contributed by atoms with Crippen molar-refractivity contribution >= 4 is 17.5 Å². The molecule has 0 aliphatic heterocycles. The maximum atomic E-state index is 12.7. The Kier molecular flexibility index (Phi) is 5.45. The second-order valence-electron chi connectivity index (χ2n) is 6.44. The van der Waals surface area contributed by atoms with Crippen molar-refractivity contribution in [1.82, 2.24) is 14.5 Å². The van der Waals surface area contributed by atoms with Crippen LogP contribution in [0.5, 0.6) is 0 Å². The monoisotopic (exact) mass is 362 g/mol. The number of hydrogen-bond acceptors (Lipinski definition) is 4. The van der Waals surface area contributed by atoms with E-state index >= 15 is 0 Å². The van der Waals surface area contributed by atoms with Crippen molar-refractivity contribution in [2.24, 2.45) is 7.05 Å². The Bertz CT molecular complexity index is 974. The van der Waals surface area contributed by atoms with Gasteiger partial charge in [-0.05, 0) is 25.5 Å². The van der Waals surface area contributed by atoms with Crippen LogP contribution < -0.4 is 5.32 Å². The van der Waals surface area contributed by atoms with Crippen molar-refractivity contribution in [3.63, 3.8) is 0 Å². The van der Waals surface area contributed by atoms with Gasteiger partial charge in [-0.1, -0.05) is 36.8 Å². The number of rotatable bonds is 6. The van der Waals surface area contributed by atoms with E-state index in [9.17, 15) is 9.59 Å². The molecule has 3 rings (SSSR count). The maximum Gasteiger partial charge on any atom is 0.231 e. The minimum Gasteiger partial charge on any atom is -0.344 e. The molecule has 0 aliphatic rings. The zero-order valence-corrected chi connectivity index (χ0v) is 15.7. The summed E-state index contributed by atoms with van der Waals surface area (Å²) in [5.74, 6) is 0.232. The molecule has 138 valence electrons. The highest BCUT2D eigenvalue weighted by Gasteiger charge is 2.16. The van der Waals surface area contributed by atoms with Crippen LogP contribution in [0.4, 0.5) is 5.82 Å². The van der Waals surface area contributed by atoms with Crippen LogP contribution >= 0.6 is 0 Å². The van der Waals surface area contributed by atoms with Gasteiger partial charge in [-0.2, -0.15) is 0 Å². The van der Waals surface area contributed by atoms with Gasteiger partial charge in [-0.3, -0.25) is 9.59 Å². The number of carbonyl (C=O) groups excluding carboxylic acids is 2. The highest BCUT2D eigenvalue weighted by atomic mass is 16.1. The Hall–Kier alpha value is -3.28. The molecule has 6 nitrogen and oxygen atoms in total. The number of nitrogens with one attached hydrogen (secondary N) is 1. The quantitative estimate of drug-likeness (QED) is 0.684. The van der Waals surface area contributed by atoms with Gasteiger partial charge in [0.05, 0.1) is 12.1 Å². The van der Waals surface area contributed by atoms with E-state index in [-0.39, 0.29) is 18.1 Å². The predicted octanol–water partition coefficient (Wildman–Crippen LogP) is 3.10.